The molecule has 0 spiro atoms. The van der Waals surface area contributed by atoms with Crippen molar-refractivity contribution in [1.82, 2.24) is 10.6 Å². The summed E-state index contributed by atoms with van der Waals surface area (Å²) in [6.45, 7) is 1.08. The van der Waals surface area contributed by atoms with Crippen molar-refractivity contribution in [2.45, 2.75) is 25.8 Å². The van der Waals surface area contributed by atoms with Gasteiger partial charge in [0.2, 0.25) is 5.91 Å². The summed E-state index contributed by atoms with van der Waals surface area (Å²) in [7, 11) is 0. The minimum Gasteiger partial charge on any atom is -0.481 e. The molecular weight excluding hydrogens is 212 g/mol. The molecule has 0 aromatic heterocycles. The Bertz CT molecular complexity index is 334. The van der Waals surface area contributed by atoms with E-state index in [0.717, 1.165) is 19.8 Å². The first-order valence-electron chi connectivity index (χ1n) is 4.98. The highest BCUT2D eigenvalue weighted by molar-refractivity contribution is 5.98. The lowest BCUT2D eigenvalue weighted by molar-refractivity contribution is -0.134. The quantitative estimate of drug-likeness (QED) is 0.516. The third-order valence-corrected chi connectivity index (χ3v) is 2.29. The zero-order chi connectivity index (χ0) is 12.1. The molecule has 0 aromatic rings. The van der Waals surface area contributed by atoms with Gasteiger partial charge >= 0.3 is 6.03 Å². The van der Waals surface area contributed by atoms with E-state index in [2.05, 4.69) is 10.6 Å². The second-order valence-electron chi connectivity index (χ2n) is 3.62. The van der Waals surface area contributed by atoms with Crippen LogP contribution in [-0.2, 0) is 9.59 Å². The first-order valence-corrected chi connectivity index (χ1v) is 4.98. The van der Waals surface area contributed by atoms with E-state index in [4.69, 9.17) is 9.90 Å². The third kappa shape index (κ3) is 3.38. The fourth-order valence-corrected chi connectivity index (χ4v) is 1.67. The number of carbonyl (C=O) groups excluding carboxylic acids is 2. The molecule has 0 saturated carbocycles. The van der Waals surface area contributed by atoms with Crippen LogP contribution < -0.4 is 10.6 Å². The van der Waals surface area contributed by atoms with Gasteiger partial charge < -0.3 is 10.4 Å². The van der Waals surface area contributed by atoms with Gasteiger partial charge in [-0.3, -0.25) is 14.9 Å². The fourth-order valence-electron chi connectivity index (χ4n) is 1.67. The number of amides is 3. The number of hydrogen-bond donors (Lipinski definition) is 3. The van der Waals surface area contributed by atoms with Crippen LogP contribution in [0.15, 0.2) is 12.2 Å². The SMILES string of the molecule is CC(=O)O.O=C1NC(=O)C2CCC=CC2N1. The number of imide groups is 1. The average molecular weight is 226 g/mol. The van der Waals surface area contributed by atoms with Crippen LogP contribution in [-0.4, -0.2) is 29.1 Å². The number of carboxylic acid groups (broad SMARTS) is 1. The molecule has 1 aliphatic carbocycles. The summed E-state index contributed by atoms with van der Waals surface area (Å²) in [5, 5.41) is 12.4. The second kappa shape index (κ2) is 5.29. The standard InChI is InChI=1S/C8H10N2O2.C2H4O2/c11-7-5-3-1-2-4-6(5)9-8(12)10-7;1-2(3)4/h2,4-6H,1,3H2,(H2,9,10,11,12);1H3,(H,3,4). The van der Waals surface area contributed by atoms with Gasteiger partial charge in [0.05, 0.1) is 12.0 Å². The normalized spacial score (nSPS) is 26.8. The molecule has 16 heavy (non-hydrogen) atoms. The highest BCUT2D eigenvalue weighted by Gasteiger charge is 2.34. The van der Waals surface area contributed by atoms with E-state index < -0.39 is 5.97 Å². The van der Waals surface area contributed by atoms with Crippen LogP contribution in [0.2, 0.25) is 0 Å². The molecule has 6 nitrogen and oxygen atoms in total. The molecule has 0 radical (unpaired) electrons. The van der Waals surface area contributed by atoms with Gasteiger partial charge in [-0.05, 0) is 12.8 Å². The van der Waals surface area contributed by atoms with Crippen molar-refractivity contribution in [3.05, 3.63) is 12.2 Å². The number of carboxylic acids is 1. The molecule has 1 fully saturated rings. The molecule has 2 unspecified atom stereocenters. The van der Waals surface area contributed by atoms with Gasteiger partial charge in [0, 0.05) is 6.92 Å². The molecule has 2 rings (SSSR count). The van der Waals surface area contributed by atoms with Crippen molar-refractivity contribution >= 4 is 17.9 Å². The Morgan fingerprint density at radius 3 is 2.75 bits per heavy atom. The van der Waals surface area contributed by atoms with Crippen LogP contribution in [0.25, 0.3) is 0 Å². The van der Waals surface area contributed by atoms with Crippen LogP contribution >= 0.6 is 0 Å². The van der Waals surface area contributed by atoms with Gasteiger partial charge in [-0.25, -0.2) is 4.79 Å². The Morgan fingerprint density at radius 1 is 1.50 bits per heavy atom. The van der Waals surface area contributed by atoms with Crippen molar-refractivity contribution in [2.75, 3.05) is 0 Å². The number of urea groups is 1. The molecule has 0 bridgehead atoms. The Labute approximate surface area is 92.7 Å². The third-order valence-electron chi connectivity index (χ3n) is 2.29. The van der Waals surface area contributed by atoms with Gasteiger partial charge in [-0.15, -0.1) is 0 Å². The summed E-state index contributed by atoms with van der Waals surface area (Å²) in [5.41, 5.74) is 0. The lowest BCUT2D eigenvalue weighted by Crippen LogP contribution is -2.57. The van der Waals surface area contributed by atoms with Gasteiger partial charge in [0.15, 0.2) is 0 Å². The van der Waals surface area contributed by atoms with Crippen LogP contribution in [0, 0.1) is 5.92 Å². The van der Waals surface area contributed by atoms with E-state index >= 15 is 0 Å². The van der Waals surface area contributed by atoms with Gasteiger partial charge in [-0.1, -0.05) is 12.2 Å². The van der Waals surface area contributed by atoms with Crippen LogP contribution in [0.5, 0.6) is 0 Å². The fraction of sp³-hybridized carbons (Fsp3) is 0.500. The highest BCUT2D eigenvalue weighted by Crippen LogP contribution is 2.20. The summed E-state index contributed by atoms with van der Waals surface area (Å²) in [6.07, 6.45) is 5.64. The average Bonchev–Trinajstić information content (AvgIpc) is 2.16. The molecule has 2 atom stereocenters. The zero-order valence-corrected chi connectivity index (χ0v) is 8.90. The van der Waals surface area contributed by atoms with E-state index in [1.807, 2.05) is 12.2 Å². The maximum Gasteiger partial charge on any atom is 0.321 e. The molecule has 2 aliphatic rings. The Kier molecular flexibility index (Phi) is 4.04. The Balaban J connectivity index is 0.000000280. The lowest BCUT2D eigenvalue weighted by Gasteiger charge is -2.31. The maximum atomic E-state index is 11.2. The van der Waals surface area contributed by atoms with Gasteiger partial charge in [0.25, 0.3) is 5.97 Å². The smallest absolute Gasteiger partial charge is 0.321 e. The number of carbonyl (C=O) groups is 3. The molecule has 1 saturated heterocycles. The maximum absolute atomic E-state index is 11.2. The first-order chi connectivity index (χ1) is 7.50. The van der Waals surface area contributed by atoms with Crippen molar-refractivity contribution in [3.8, 4) is 0 Å². The van der Waals surface area contributed by atoms with Crippen molar-refractivity contribution in [2.24, 2.45) is 5.92 Å². The molecule has 6 heteroatoms. The number of aliphatic carboxylic acids is 1. The molecule has 0 aromatic carbocycles. The summed E-state index contributed by atoms with van der Waals surface area (Å²) in [4.78, 5) is 31.1. The van der Waals surface area contributed by atoms with Gasteiger partial charge in [-0.2, -0.15) is 0 Å². The number of nitrogens with one attached hydrogen (secondary N) is 2. The van der Waals surface area contributed by atoms with E-state index in [1.165, 1.54) is 0 Å². The number of fused-ring (bicyclic) bond motifs is 1. The zero-order valence-electron chi connectivity index (χ0n) is 8.90. The summed E-state index contributed by atoms with van der Waals surface area (Å²) >= 11 is 0. The summed E-state index contributed by atoms with van der Waals surface area (Å²) < 4.78 is 0. The first kappa shape index (κ1) is 12.2. The minimum atomic E-state index is -0.833. The molecule has 88 valence electrons. The Morgan fingerprint density at radius 2 is 2.12 bits per heavy atom. The van der Waals surface area contributed by atoms with Crippen molar-refractivity contribution < 1.29 is 19.5 Å². The van der Waals surface area contributed by atoms with Crippen LogP contribution in [0.1, 0.15) is 19.8 Å². The van der Waals surface area contributed by atoms with Crippen molar-refractivity contribution in [1.29, 1.82) is 0 Å². The topological polar surface area (TPSA) is 95.5 Å². The highest BCUT2D eigenvalue weighted by atomic mass is 16.4. The predicted molar refractivity (Wildman–Crippen MR) is 55.6 cm³/mol. The minimum absolute atomic E-state index is 0.0623. The number of allylic oxidation sites excluding steroid dienone is 1. The summed E-state index contributed by atoms with van der Waals surface area (Å²) in [6, 6.07) is -0.465. The molecule has 3 amide bonds. The Hall–Kier alpha value is -1.85. The van der Waals surface area contributed by atoms with Crippen molar-refractivity contribution in [3.63, 3.8) is 0 Å². The van der Waals surface area contributed by atoms with Gasteiger partial charge in [0.1, 0.15) is 0 Å². The van der Waals surface area contributed by atoms with Crippen LogP contribution in [0.3, 0.4) is 0 Å². The molecule has 1 aliphatic heterocycles. The largest absolute Gasteiger partial charge is 0.481 e. The van der Waals surface area contributed by atoms with Crippen LogP contribution in [0.4, 0.5) is 4.79 Å². The number of rotatable bonds is 0. The van der Waals surface area contributed by atoms with E-state index in [1.54, 1.807) is 0 Å². The lowest BCUT2D eigenvalue weighted by atomic mass is 9.88. The predicted octanol–water partition coefficient (Wildman–Crippen LogP) is 0.251. The van der Waals surface area contributed by atoms with E-state index in [9.17, 15) is 9.59 Å². The molecule has 3 N–H and O–H groups in total. The number of hydrogen-bond acceptors (Lipinski definition) is 3. The molecular formula is C10H14N2O4. The summed E-state index contributed by atoms with van der Waals surface area (Å²) in [5.74, 6) is -1.04. The second-order valence-corrected chi connectivity index (χ2v) is 3.62. The van der Waals surface area contributed by atoms with E-state index in [-0.39, 0.29) is 23.9 Å². The van der Waals surface area contributed by atoms with E-state index in [0.29, 0.717) is 0 Å². The molecule has 1 heterocycles. The monoisotopic (exact) mass is 226 g/mol.